The number of nitrogens with zero attached hydrogens (tertiary/aromatic N) is 4. The van der Waals surface area contributed by atoms with E-state index < -0.39 is 0 Å². The highest BCUT2D eigenvalue weighted by molar-refractivity contribution is 5.90. The molecule has 0 fully saturated rings. The summed E-state index contributed by atoms with van der Waals surface area (Å²) in [6.45, 7) is 4.17. The van der Waals surface area contributed by atoms with Gasteiger partial charge >= 0.3 is 0 Å². The summed E-state index contributed by atoms with van der Waals surface area (Å²) in [4.78, 5) is 7.68. The maximum atomic E-state index is 9.55. The van der Waals surface area contributed by atoms with Crippen molar-refractivity contribution in [1.82, 2.24) is 19.7 Å². The number of allylic oxidation sites excluding steroid dienone is 1. The first-order chi connectivity index (χ1) is 12.6. The van der Waals surface area contributed by atoms with Gasteiger partial charge in [-0.2, -0.15) is 10.4 Å². The number of hydrogen-bond acceptors (Lipinski definition) is 3. The van der Waals surface area contributed by atoms with Crippen LogP contribution in [0.5, 0.6) is 0 Å². The van der Waals surface area contributed by atoms with Crippen LogP contribution in [-0.4, -0.2) is 19.7 Å². The Morgan fingerprint density at radius 1 is 1.15 bits per heavy atom. The van der Waals surface area contributed by atoms with Crippen molar-refractivity contribution < 1.29 is 0 Å². The highest BCUT2D eigenvalue weighted by Gasteiger charge is 2.09. The van der Waals surface area contributed by atoms with Gasteiger partial charge in [-0.25, -0.2) is 9.67 Å². The molecule has 5 nitrogen and oxygen atoms in total. The third-order valence-corrected chi connectivity index (χ3v) is 4.43. The Hall–Kier alpha value is -3.65. The molecule has 26 heavy (non-hydrogen) atoms. The van der Waals surface area contributed by atoms with Gasteiger partial charge in [0, 0.05) is 11.8 Å². The maximum absolute atomic E-state index is 9.55. The van der Waals surface area contributed by atoms with Gasteiger partial charge in [0.15, 0.2) is 0 Å². The van der Waals surface area contributed by atoms with Crippen molar-refractivity contribution in [2.24, 2.45) is 0 Å². The minimum Gasteiger partial charge on any atom is -0.337 e. The fourth-order valence-electron chi connectivity index (χ4n) is 2.82. The molecular weight excluding hydrogens is 322 g/mol. The van der Waals surface area contributed by atoms with Gasteiger partial charge < -0.3 is 4.98 Å². The average molecular weight is 339 g/mol. The van der Waals surface area contributed by atoms with Crippen LogP contribution >= 0.6 is 0 Å². The molecule has 0 aliphatic carbocycles. The van der Waals surface area contributed by atoms with E-state index >= 15 is 0 Å². The first-order valence-corrected chi connectivity index (χ1v) is 8.33. The molecule has 126 valence electrons. The lowest BCUT2D eigenvalue weighted by Crippen LogP contribution is -1.95. The van der Waals surface area contributed by atoms with Crippen LogP contribution in [0.2, 0.25) is 0 Å². The van der Waals surface area contributed by atoms with E-state index in [1.165, 1.54) is 11.1 Å². The lowest BCUT2D eigenvalue weighted by molar-refractivity contribution is 0.878. The maximum Gasteiger partial charge on any atom is 0.149 e. The van der Waals surface area contributed by atoms with Crippen molar-refractivity contribution in [2.75, 3.05) is 0 Å². The number of aromatic amines is 1. The molecule has 4 aromatic rings. The highest BCUT2D eigenvalue weighted by Crippen LogP contribution is 2.20. The van der Waals surface area contributed by atoms with Crippen molar-refractivity contribution >= 4 is 22.7 Å². The molecule has 2 aromatic carbocycles. The zero-order chi connectivity index (χ0) is 18.1. The number of fused-ring (bicyclic) bond motifs is 1. The quantitative estimate of drug-likeness (QED) is 0.561. The van der Waals surface area contributed by atoms with Gasteiger partial charge in [0.2, 0.25) is 0 Å². The summed E-state index contributed by atoms with van der Waals surface area (Å²) >= 11 is 0. The topological polar surface area (TPSA) is 70.3 Å². The van der Waals surface area contributed by atoms with Crippen molar-refractivity contribution in [3.8, 4) is 11.8 Å². The predicted octanol–water partition coefficient (Wildman–Crippen LogP) is 4.43. The third kappa shape index (κ3) is 2.89. The first-order valence-electron chi connectivity index (χ1n) is 8.33. The predicted molar refractivity (Wildman–Crippen MR) is 103 cm³/mol. The second-order valence-electron chi connectivity index (χ2n) is 6.26. The van der Waals surface area contributed by atoms with Crippen LogP contribution in [0.1, 0.15) is 22.5 Å². The normalized spacial score (nSPS) is 11.7. The number of nitriles is 1. The molecule has 5 heteroatoms. The van der Waals surface area contributed by atoms with Gasteiger partial charge in [-0.3, -0.25) is 0 Å². The fourth-order valence-corrected chi connectivity index (χ4v) is 2.82. The summed E-state index contributed by atoms with van der Waals surface area (Å²) in [5.41, 5.74) is 6.53. The number of para-hydroxylation sites is 2. The third-order valence-electron chi connectivity index (χ3n) is 4.43. The molecule has 0 unspecified atom stereocenters. The Morgan fingerprint density at radius 2 is 2.00 bits per heavy atom. The molecular formula is C21H17N5. The van der Waals surface area contributed by atoms with Gasteiger partial charge in [-0.15, -0.1) is 0 Å². The number of H-pyrrole nitrogens is 1. The van der Waals surface area contributed by atoms with E-state index in [1.54, 1.807) is 12.3 Å². The Bertz CT molecular complexity index is 1140. The SMILES string of the molecule is Cc1ccc(-n2cc(C=C(C#N)c3nc4ccccc4[nH]3)cn2)cc1C. The van der Waals surface area contributed by atoms with E-state index in [2.05, 4.69) is 47.1 Å². The molecule has 0 radical (unpaired) electrons. The number of aromatic nitrogens is 4. The van der Waals surface area contributed by atoms with Gasteiger partial charge in [-0.1, -0.05) is 18.2 Å². The lowest BCUT2D eigenvalue weighted by atomic mass is 10.1. The van der Waals surface area contributed by atoms with Crippen LogP contribution < -0.4 is 0 Å². The average Bonchev–Trinajstić information content (AvgIpc) is 3.28. The van der Waals surface area contributed by atoms with E-state index in [-0.39, 0.29) is 0 Å². The van der Waals surface area contributed by atoms with Crippen molar-refractivity contribution in [3.05, 3.63) is 77.4 Å². The molecule has 0 saturated heterocycles. The molecule has 0 bridgehead atoms. The Kier molecular flexibility index (Phi) is 3.86. The smallest absolute Gasteiger partial charge is 0.149 e. The van der Waals surface area contributed by atoms with E-state index in [4.69, 9.17) is 0 Å². The molecule has 0 saturated carbocycles. The first kappa shape index (κ1) is 15.9. The molecule has 2 heterocycles. The number of benzene rings is 2. The van der Waals surface area contributed by atoms with Crippen LogP contribution in [0.3, 0.4) is 0 Å². The zero-order valence-corrected chi connectivity index (χ0v) is 14.6. The molecule has 0 amide bonds. The standard InChI is InChI=1S/C21H17N5/c1-14-7-8-18(9-15(14)2)26-13-16(12-23-26)10-17(11-22)21-24-19-5-3-4-6-20(19)25-21/h3-10,12-13H,1-2H3,(H,24,25). The lowest BCUT2D eigenvalue weighted by Gasteiger charge is -2.04. The summed E-state index contributed by atoms with van der Waals surface area (Å²) in [5.74, 6) is 0.563. The van der Waals surface area contributed by atoms with Crippen molar-refractivity contribution in [1.29, 1.82) is 5.26 Å². The van der Waals surface area contributed by atoms with Crippen molar-refractivity contribution in [2.45, 2.75) is 13.8 Å². The molecule has 0 atom stereocenters. The van der Waals surface area contributed by atoms with Gasteiger partial charge in [-0.05, 0) is 55.3 Å². The van der Waals surface area contributed by atoms with Gasteiger partial charge in [0.1, 0.15) is 11.9 Å². The zero-order valence-electron chi connectivity index (χ0n) is 14.6. The monoisotopic (exact) mass is 339 g/mol. The Morgan fingerprint density at radius 3 is 2.77 bits per heavy atom. The van der Waals surface area contributed by atoms with Crippen LogP contribution in [0.4, 0.5) is 0 Å². The van der Waals surface area contributed by atoms with Crippen LogP contribution in [0.15, 0.2) is 54.9 Å². The molecule has 0 aliphatic heterocycles. The highest BCUT2D eigenvalue weighted by atomic mass is 15.3. The molecule has 0 aliphatic rings. The summed E-state index contributed by atoms with van der Waals surface area (Å²) in [6.07, 6.45) is 5.45. The summed E-state index contributed by atoms with van der Waals surface area (Å²) in [6, 6.07) is 16.2. The largest absolute Gasteiger partial charge is 0.337 e. The molecule has 0 spiro atoms. The van der Waals surface area contributed by atoms with E-state index in [1.807, 2.05) is 41.2 Å². The summed E-state index contributed by atoms with van der Waals surface area (Å²) in [7, 11) is 0. The second kappa shape index (κ2) is 6.34. The summed E-state index contributed by atoms with van der Waals surface area (Å²) < 4.78 is 1.81. The number of hydrogen-bond donors (Lipinski definition) is 1. The molecule has 2 aromatic heterocycles. The fraction of sp³-hybridized carbons (Fsp3) is 0.0952. The Labute approximate surface area is 151 Å². The van der Waals surface area contributed by atoms with E-state index in [0.717, 1.165) is 22.3 Å². The number of nitrogens with one attached hydrogen (secondary N) is 1. The van der Waals surface area contributed by atoms with E-state index in [0.29, 0.717) is 11.4 Å². The van der Waals surface area contributed by atoms with Crippen molar-refractivity contribution in [3.63, 3.8) is 0 Å². The van der Waals surface area contributed by atoms with Crippen LogP contribution in [0, 0.1) is 25.2 Å². The van der Waals surface area contributed by atoms with Crippen LogP contribution in [0.25, 0.3) is 28.4 Å². The van der Waals surface area contributed by atoms with Crippen LogP contribution in [-0.2, 0) is 0 Å². The number of aryl methyl sites for hydroxylation is 2. The summed E-state index contributed by atoms with van der Waals surface area (Å²) in [5, 5.41) is 14.0. The molecule has 1 N–H and O–H groups in total. The van der Waals surface area contributed by atoms with Gasteiger partial charge in [0.05, 0.1) is 28.5 Å². The minimum atomic E-state index is 0.473. The van der Waals surface area contributed by atoms with E-state index in [9.17, 15) is 5.26 Å². The number of rotatable bonds is 3. The minimum absolute atomic E-state index is 0.473. The second-order valence-corrected chi connectivity index (χ2v) is 6.26. The Balaban J connectivity index is 1.69. The number of imidazole rings is 1. The molecule has 4 rings (SSSR count). The van der Waals surface area contributed by atoms with Gasteiger partial charge in [0.25, 0.3) is 0 Å².